The zero-order valence-corrected chi connectivity index (χ0v) is 7.75. The van der Waals surface area contributed by atoms with E-state index in [2.05, 4.69) is 0 Å². The van der Waals surface area contributed by atoms with E-state index in [0.717, 1.165) is 0 Å². The standard InChI is InChI=1S/C8H16O5/c1-4-5(3-9)13-8(12-2)7(11)6(4)10/h4-11H,3H2,1-2H3/t4-,5?,6+,7?,8+/m1/s1. The van der Waals surface area contributed by atoms with Crippen LogP contribution in [0, 0.1) is 5.92 Å². The lowest BCUT2D eigenvalue weighted by Crippen LogP contribution is -2.55. The summed E-state index contributed by atoms with van der Waals surface area (Å²) in [7, 11) is 1.38. The number of hydrogen-bond acceptors (Lipinski definition) is 5. The fraction of sp³-hybridized carbons (Fsp3) is 1.00. The molecule has 78 valence electrons. The van der Waals surface area contributed by atoms with Crippen LogP contribution in [-0.4, -0.2) is 53.6 Å². The third kappa shape index (κ3) is 2.00. The molecule has 0 spiro atoms. The van der Waals surface area contributed by atoms with Crippen molar-refractivity contribution in [1.82, 2.24) is 0 Å². The molecule has 0 aromatic carbocycles. The summed E-state index contributed by atoms with van der Waals surface area (Å²) in [6, 6.07) is 0. The van der Waals surface area contributed by atoms with E-state index in [4.69, 9.17) is 14.6 Å². The molecule has 0 bridgehead atoms. The monoisotopic (exact) mass is 192 g/mol. The maximum absolute atomic E-state index is 9.53. The Bertz CT molecular complexity index is 143. The molecule has 5 heteroatoms. The van der Waals surface area contributed by atoms with E-state index in [1.54, 1.807) is 6.92 Å². The summed E-state index contributed by atoms with van der Waals surface area (Å²) < 4.78 is 10.0. The molecule has 1 saturated heterocycles. The summed E-state index contributed by atoms with van der Waals surface area (Å²) in [5, 5.41) is 27.9. The summed E-state index contributed by atoms with van der Waals surface area (Å²) in [5.74, 6) is -0.300. The van der Waals surface area contributed by atoms with Crippen LogP contribution in [0.25, 0.3) is 0 Å². The maximum atomic E-state index is 9.53. The van der Waals surface area contributed by atoms with E-state index in [9.17, 15) is 10.2 Å². The van der Waals surface area contributed by atoms with Gasteiger partial charge in [0.25, 0.3) is 0 Å². The van der Waals surface area contributed by atoms with Crippen LogP contribution >= 0.6 is 0 Å². The average Bonchev–Trinajstić information content (AvgIpc) is 2.15. The van der Waals surface area contributed by atoms with Gasteiger partial charge in [-0.15, -0.1) is 0 Å². The normalized spacial score (nSPS) is 46.4. The third-order valence-electron chi connectivity index (χ3n) is 2.48. The first-order valence-electron chi connectivity index (χ1n) is 4.27. The van der Waals surface area contributed by atoms with Crippen molar-refractivity contribution in [3.63, 3.8) is 0 Å². The summed E-state index contributed by atoms with van der Waals surface area (Å²) in [6.07, 6.45) is -3.31. The van der Waals surface area contributed by atoms with Crippen LogP contribution in [0.4, 0.5) is 0 Å². The van der Waals surface area contributed by atoms with Crippen molar-refractivity contribution in [2.75, 3.05) is 13.7 Å². The molecule has 0 aromatic rings. The molecule has 1 rings (SSSR count). The van der Waals surface area contributed by atoms with Gasteiger partial charge in [-0.05, 0) is 0 Å². The maximum Gasteiger partial charge on any atom is 0.186 e. The van der Waals surface area contributed by atoms with Gasteiger partial charge in [0.1, 0.15) is 6.10 Å². The van der Waals surface area contributed by atoms with Crippen molar-refractivity contribution in [3.8, 4) is 0 Å². The lowest BCUT2D eigenvalue weighted by Gasteiger charge is -2.40. The highest BCUT2D eigenvalue weighted by molar-refractivity contribution is 4.86. The van der Waals surface area contributed by atoms with Gasteiger partial charge < -0.3 is 24.8 Å². The van der Waals surface area contributed by atoms with Crippen molar-refractivity contribution in [1.29, 1.82) is 0 Å². The molecule has 1 aliphatic heterocycles. The summed E-state index contributed by atoms with van der Waals surface area (Å²) in [4.78, 5) is 0. The molecule has 13 heavy (non-hydrogen) atoms. The molecule has 3 N–H and O–H groups in total. The predicted octanol–water partition coefficient (Wildman–Crippen LogP) is -1.29. The molecule has 1 aliphatic rings. The Hall–Kier alpha value is -0.200. The Morgan fingerprint density at radius 3 is 2.38 bits per heavy atom. The second-order valence-corrected chi connectivity index (χ2v) is 3.30. The fourth-order valence-electron chi connectivity index (χ4n) is 1.47. The summed E-state index contributed by atoms with van der Waals surface area (Å²) in [5.41, 5.74) is 0. The number of ether oxygens (including phenoxy) is 2. The minimum Gasteiger partial charge on any atom is -0.394 e. The van der Waals surface area contributed by atoms with E-state index in [-0.39, 0.29) is 12.5 Å². The van der Waals surface area contributed by atoms with E-state index < -0.39 is 24.6 Å². The molecule has 0 saturated carbocycles. The molecular weight excluding hydrogens is 176 g/mol. The minimum atomic E-state index is -1.05. The van der Waals surface area contributed by atoms with Crippen LogP contribution in [0.5, 0.6) is 0 Å². The van der Waals surface area contributed by atoms with Gasteiger partial charge in [0, 0.05) is 13.0 Å². The van der Waals surface area contributed by atoms with E-state index >= 15 is 0 Å². The molecular formula is C8H16O5. The van der Waals surface area contributed by atoms with E-state index in [0.29, 0.717) is 0 Å². The van der Waals surface area contributed by atoms with E-state index in [1.165, 1.54) is 7.11 Å². The smallest absolute Gasteiger partial charge is 0.186 e. The molecule has 0 aromatic heterocycles. The highest BCUT2D eigenvalue weighted by Crippen LogP contribution is 2.25. The van der Waals surface area contributed by atoms with Crippen LogP contribution < -0.4 is 0 Å². The second-order valence-electron chi connectivity index (χ2n) is 3.30. The van der Waals surface area contributed by atoms with Crippen molar-refractivity contribution >= 4 is 0 Å². The lowest BCUT2D eigenvalue weighted by atomic mass is 9.91. The second kappa shape index (κ2) is 4.34. The summed E-state index contributed by atoms with van der Waals surface area (Å²) in [6.45, 7) is 1.52. The van der Waals surface area contributed by atoms with Crippen LogP contribution in [0.15, 0.2) is 0 Å². The first-order chi connectivity index (χ1) is 6.11. The Kier molecular flexibility index (Phi) is 3.63. The Morgan fingerprint density at radius 2 is 1.92 bits per heavy atom. The lowest BCUT2D eigenvalue weighted by molar-refractivity contribution is -0.280. The average molecular weight is 192 g/mol. The summed E-state index contributed by atoms with van der Waals surface area (Å²) >= 11 is 0. The van der Waals surface area contributed by atoms with E-state index in [1.807, 2.05) is 0 Å². The number of hydrogen-bond donors (Lipinski definition) is 3. The number of methoxy groups -OCH3 is 1. The van der Waals surface area contributed by atoms with Gasteiger partial charge in [-0.25, -0.2) is 0 Å². The van der Waals surface area contributed by atoms with Crippen LogP contribution in [0.3, 0.4) is 0 Å². The molecule has 0 amide bonds. The highest BCUT2D eigenvalue weighted by Gasteiger charge is 2.41. The number of aliphatic hydroxyl groups is 3. The van der Waals surface area contributed by atoms with Crippen LogP contribution in [-0.2, 0) is 9.47 Å². The SMILES string of the molecule is CO[C@H]1OC(CO)[C@@H](C)[C@H](O)C1O. The van der Waals surface area contributed by atoms with Crippen molar-refractivity contribution < 1.29 is 24.8 Å². The topological polar surface area (TPSA) is 79.2 Å². The quantitative estimate of drug-likeness (QED) is 0.507. The minimum absolute atomic E-state index is 0.190. The molecule has 1 heterocycles. The van der Waals surface area contributed by atoms with Gasteiger partial charge in [-0.2, -0.15) is 0 Å². The Balaban J connectivity index is 2.66. The molecule has 1 fully saturated rings. The van der Waals surface area contributed by atoms with Crippen LogP contribution in [0.2, 0.25) is 0 Å². The number of rotatable bonds is 2. The van der Waals surface area contributed by atoms with Crippen LogP contribution in [0.1, 0.15) is 6.92 Å². The highest BCUT2D eigenvalue weighted by atomic mass is 16.7. The predicted molar refractivity (Wildman–Crippen MR) is 43.9 cm³/mol. The zero-order valence-electron chi connectivity index (χ0n) is 7.75. The molecule has 5 nitrogen and oxygen atoms in total. The van der Waals surface area contributed by atoms with Crippen molar-refractivity contribution in [2.24, 2.45) is 5.92 Å². The Labute approximate surface area is 76.9 Å². The zero-order chi connectivity index (χ0) is 10.0. The van der Waals surface area contributed by atoms with Gasteiger partial charge in [0.05, 0.1) is 18.8 Å². The van der Waals surface area contributed by atoms with Gasteiger partial charge in [-0.1, -0.05) is 6.92 Å². The van der Waals surface area contributed by atoms with Gasteiger partial charge >= 0.3 is 0 Å². The molecule has 2 unspecified atom stereocenters. The van der Waals surface area contributed by atoms with Crippen molar-refractivity contribution in [2.45, 2.75) is 31.5 Å². The molecule has 5 atom stereocenters. The van der Waals surface area contributed by atoms with Gasteiger partial charge in [-0.3, -0.25) is 0 Å². The van der Waals surface area contributed by atoms with Gasteiger partial charge in [0.15, 0.2) is 6.29 Å². The largest absolute Gasteiger partial charge is 0.394 e. The first-order valence-corrected chi connectivity index (χ1v) is 4.27. The third-order valence-corrected chi connectivity index (χ3v) is 2.48. The first kappa shape index (κ1) is 10.9. The molecule has 0 aliphatic carbocycles. The van der Waals surface area contributed by atoms with Gasteiger partial charge in [0.2, 0.25) is 0 Å². The van der Waals surface area contributed by atoms with Crippen molar-refractivity contribution in [3.05, 3.63) is 0 Å². The Morgan fingerprint density at radius 1 is 1.31 bits per heavy atom. The number of aliphatic hydroxyl groups excluding tert-OH is 3. The fourth-order valence-corrected chi connectivity index (χ4v) is 1.47. The molecule has 0 radical (unpaired) electrons.